The summed E-state index contributed by atoms with van der Waals surface area (Å²) in [5.74, 6) is 0.630. The monoisotopic (exact) mass is 267 g/mol. The third kappa shape index (κ3) is 5.56. The summed E-state index contributed by atoms with van der Waals surface area (Å²) in [7, 11) is 1.56. The second-order valence-electron chi connectivity index (χ2n) is 5.15. The van der Waals surface area contributed by atoms with Crippen LogP contribution in [0.3, 0.4) is 0 Å². The molecule has 0 saturated heterocycles. The summed E-state index contributed by atoms with van der Waals surface area (Å²) in [6, 6.07) is 1.42. The molecule has 0 radical (unpaired) electrons. The first-order valence-corrected chi connectivity index (χ1v) is 6.03. The molecule has 1 amide bonds. The highest BCUT2D eigenvalue weighted by atomic mass is 16.6. The van der Waals surface area contributed by atoms with Gasteiger partial charge < -0.3 is 20.5 Å². The van der Waals surface area contributed by atoms with Gasteiger partial charge in [-0.1, -0.05) is 0 Å². The maximum absolute atomic E-state index is 11.5. The fourth-order valence-corrected chi connectivity index (χ4v) is 1.38. The highest BCUT2D eigenvalue weighted by Crippen LogP contribution is 2.15. The zero-order valence-electron chi connectivity index (χ0n) is 11.8. The molecule has 1 rings (SSSR count). The molecule has 0 fully saturated rings. The smallest absolute Gasteiger partial charge is 0.407 e. The van der Waals surface area contributed by atoms with Crippen molar-refractivity contribution in [1.29, 1.82) is 0 Å². The van der Waals surface area contributed by atoms with Crippen LogP contribution in [0.15, 0.2) is 18.5 Å². The lowest BCUT2D eigenvalue weighted by Gasteiger charge is -2.20. The van der Waals surface area contributed by atoms with Crippen LogP contribution in [0.4, 0.5) is 4.79 Å². The first-order valence-electron chi connectivity index (χ1n) is 6.03. The van der Waals surface area contributed by atoms with Crippen molar-refractivity contribution in [2.75, 3.05) is 13.7 Å². The predicted octanol–water partition coefficient (Wildman–Crippen LogP) is 1.61. The molecular weight excluding hydrogens is 246 g/mol. The Balaban J connectivity index is 2.51. The molecule has 0 aliphatic heterocycles. The quantitative estimate of drug-likeness (QED) is 0.865. The average molecular weight is 267 g/mol. The lowest BCUT2D eigenvalue weighted by atomic mass is 10.1. The number of nitrogens with zero attached hydrogens (tertiary/aromatic N) is 1. The van der Waals surface area contributed by atoms with Gasteiger partial charge in [0.1, 0.15) is 11.4 Å². The number of amides is 1. The Morgan fingerprint density at radius 2 is 2.16 bits per heavy atom. The number of carbonyl (C=O) groups is 1. The summed E-state index contributed by atoms with van der Waals surface area (Å²) < 4.78 is 10.2. The number of carbonyl (C=O) groups excluding carboxylic acids is 1. The molecule has 0 aliphatic rings. The van der Waals surface area contributed by atoms with Gasteiger partial charge in [0.05, 0.1) is 13.3 Å². The van der Waals surface area contributed by atoms with Gasteiger partial charge in [0, 0.05) is 18.8 Å². The molecule has 1 atom stereocenters. The first kappa shape index (κ1) is 15.2. The van der Waals surface area contributed by atoms with Crippen molar-refractivity contribution in [3.05, 3.63) is 24.0 Å². The van der Waals surface area contributed by atoms with E-state index < -0.39 is 11.7 Å². The number of nitrogens with one attached hydrogen (secondary N) is 1. The van der Waals surface area contributed by atoms with Crippen molar-refractivity contribution in [1.82, 2.24) is 10.3 Å². The van der Waals surface area contributed by atoms with Crippen LogP contribution in [0.25, 0.3) is 0 Å². The van der Waals surface area contributed by atoms with E-state index in [9.17, 15) is 4.79 Å². The van der Waals surface area contributed by atoms with Crippen molar-refractivity contribution in [3.63, 3.8) is 0 Å². The van der Waals surface area contributed by atoms with Crippen molar-refractivity contribution in [2.24, 2.45) is 5.73 Å². The topological polar surface area (TPSA) is 86.5 Å². The molecule has 1 aromatic rings. The van der Waals surface area contributed by atoms with Crippen LogP contribution < -0.4 is 15.8 Å². The lowest BCUT2D eigenvalue weighted by Crippen LogP contribution is -2.36. The minimum Gasteiger partial charge on any atom is -0.495 e. The maximum atomic E-state index is 11.5. The predicted molar refractivity (Wildman–Crippen MR) is 72.0 cm³/mol. The van der Waals surface area contributed by atoms with Crippen molar-refractivity contribution >= 4 is 6.09 Å². The molecule has 0 saturated carbocycles. The Labute approximate surface area is 113 Å². The Hall–Kier alpha value is -1.82. The van der Waals surface area contributed by atoms with Gasteiger partial charge in [0.25, 0.3) is 0 Å². The van der Waals surface area contributed by atoms with E-state index in [-0.39, 0.29) is 12.6 Å². The van der Waals surface area contributed by atoms with Crippen LogP contribution in [-0.4, -0.2) is 30.3 Å². The number of nitrogens with two attached hydrogens (primary N) is 1. The van der Waals surface area contributed by atoms with Crippen LogP contribution in [0.2, 0.25) is 0 Å². The van der Waals surface area contributed by atoms with Crippen LogP contribution in [0, 0.1) is 0 Å². The third-order valence-electron chi connectivity index (χ3n) is 2.26. The molecule has 0 spiro atoms. The minimum absolute atomic E-state index is 0.268. The van der Waals surface area contributed by atoms with Gasteiger partial charge >= 0.3 is 6.09 Å². The number of hydrogen-bond acceptors (Lipinski definition) is 5. The van der Waals surface area contributed by atoms with E-state index in [1.54, 1.807) is 46.3 Å². The summed E-state index contributed by atoms with van der Waals surface area (Å²) >= 11 is 0. The summed E-state index contributed by atoms with van der Waals surface area (Å²) in [5, 5.41) is 2.62. The molecule has 3 N–H and O–H groups in total. The Kier molecular flexibility index (Phi) is 5.11. The molecule has 19 heavy (non-hydrogen) atoms. The zero-order valence-corrected chi connectivity index (χ0v) is 11.8. The molecule has 1 unspecified atom stereocenters. The number of hydrogen-bond donors (Lipinski definition) is 2. The lowest BCUT2D eigenvalue weighted by molar-refractivity contribution is 0.0524. The number of alkyl carbamates (subject to hydrolysis) is 1. The number of aromatic nitrogens is 1. The summed E-state index contributed by atoms with van der Waals surface area (Å²) in [6.45, 7) is 5.68. The van der Waals surface area contributed by atoms with Crippen LogP contribution in [0.1, 0.15) is 32.4 Å². The fourth-order valence-electron chi connectivity index (χ4n) is 1.38. The standard InChI is InChI=1S/C13H21N3O3/c1-13(2,3)19-12(17)16-8-11(14)9-5-10(18-4)7-15-6-9/h5-7,11H,8,14H2,1-4H3,(H,16,17). The van der Waals surface area contributed by atoms with E-state index in [4.69, 9.17) is 15.2 Å². The molecule has 1 aromatic heterocycles. The Morgan fingerprint density at radius 3 is 2.74 bits per heavy atom. The number of pyridine rings is 1. The summed E-state index contributed by atoms with van der Waals surface area (Å²) in [5.41, 5.74) is 6.23. The zero-order chi connectivity index (χ0) is 14.5. The molecule has 0 bridgehead atoms. The molecule has 0 aliphatic carbocycles. The average Bonchev–Trinajstić information content (AvgIpc) is 2.34. The van der Waals surface area contributed by atoms with E-state index in [1.807, 2.05) is 0 Å². The number of ether oxygens (including phenoxy) is 2. The normalized spacial score (nSPS) is 12.7. The maximum Gasteiger partial charge on any atom is 0.407 e. The van der Waals surface area contributed by atoms with E-state index in [2.05, 4.69) is 10.3 Å². The summed E-state index contributed by atoms with van der Waals surface area (Å²) in [4.78, 5) is 15.5. The number of methoxy groups -OCH3 is 1. The largest absolute Gasteiger partial charge is 0.495 e. The third-order valence-corrected chi connectivity index (χ3v) is 2.26. The van der Waals surface area contributed by atoms with E-state index in [0.717, 1.165) is 5.56 Å². The van der Waals surface area contributed by atoms with E-state index >= 15 is 0 Å². The van der Waals surface area contributed by atoms with Crippen LogP contribution in [-0.2, 0) is 4.74 Å². The molecule has 1 heterocycles. The first-order chi connectivity index (χ1) is 8.81. The molecule has 6 nitrogen and oxygen atoms in total. The Morgan fingerprint density at radius 1 is 1.47 bits per heavy atom. The second kappa shape index (κ2) is 6.38. The fraction of sp³-hybridized carbons (Fsp3) is 0.538. The van der Waals surface area contributed by atoms with E-state index in [0.29, 0.717) is 5.75 Å². The Bertz CT molecular complexity index is 429. The van der Waals surface area contributed by atoms with Crippen molar-refractivity contribution in [2.45, 2.75) is 32.4 Å². The van der Waals surface area contributed by atoms with Gasteiger partial charge in [-0.25, -0.2) is 4.79 Å². The molecule has 106 valence electrons. The SMILES string of the molecule is COc1cncc(C(N)CNC(=O)OC(C)(C)C)c1. The van der Waals surface area contributed by atoms with Crippen molar-refractivity contribution < 1.29 is 14.3 Å². The van der Waals surface area contributed by atoms with Crippen LogP contribution in [0.5, 0.6) is 5.75 Å². The van der Waals surface area contributed by atoms with Gasteiger partial charge in [-0.3, -0.25) is 4.98 Å². The second-order valence-corrected chi connectivity index (χ2v) is 5.15. The van der Waals surface area contributed by atoms with Gasteiger partial charge in [0.2, 0.25) is 0 Å². The van der Waals surface area contributed by atoms with Crippen LogP contribution >= 0.6 is 0 Å². The molecule has 0 aromatic carbocycles. The molecule has 6 heteroatoms. The van der Waals surface area contributed by atoms with Gasteiger partial charge in [-0.05, 0) is 32.4 Å². The highest BCUT2D eigenvalue weighted by Gasteiger charge is 2.17. The summed E-state index contributed by atoms with van der Waals surface area (Å²) in [6.07, 6.45) is 2.75. The van der Waals surface area contributed by atoms with Gasteiger partial charge in [-0.15, -0.1) is 0 Å². The number of rotatable bonds is 4. The molecular formula is C13H21N3O3. The van der Waals surface area contributed by atoms with E-state index in [1.165, 1.54) is 0 Å². The highest BCUT2D eigenvalue weighted by molar-refractivity contribution is 5.67. The van der Waals surface area contributed by atoms with Gasteiger partial charge in [-0.2, -0.15) is 0 Å². The van der Waals surface area contributed by atoms with Gasteiger partial charge in [0.15, 0.2) is 0 Å². The van der Waals surface area contributed by atoms with Crippen molar-refractivity contribution in [3.8, 4) is 5.75 Å². The minimum atomic E-state index is -0.522.